The molecule has 1 aromatic rings. The van der Waals surface area contributed by atoms with Crippen LogP contribution < -0.4 is 11.3 Å². The van der Waals surface area contributed by atoms with Gasteiger partial charge in [-0.1, -0.05) is 30.3 Å². The molecule has 1 rings (SSSR count). The lowest BCUT2D eigenvalue weighted by molar-refractivity contribution is -0.143. The van der Waals surface area contributed by atoms with Crippen LogP contribution in [0.2, 0.25) is 0 Å². The van der Waals surface area contributed by atoms with Gasteiger partial charge in [-0.2, -0.15) is 0 Å². The molecular weight excluding hydrogens is 204 g/mol. The third-order valence-corrected chi connectivity index (χ3v) is 1.74. The van der Waals surface area contributed by atoms with Crippen LogP contribution in [0.3, 0.4) is 0 Å². The third kappa shape index (κ3) is 2.99. The van der Waals surface area contributed by atoms with Crippen molar-refractivity contribution in [3.05, 3.63) is 35.9 Å². The van der Waals surface area contributed by atoms with Crippen molar-refractivity contribution in [3.63, 3.8) is 0 Å². The van der Waals surface area contributed by atoms with E-state index >= 15 is 0 Å². The maximum absolute atomic E-state index is 11.2. The third-order valence-electron chi connectivity index (χ3n) is 1.74. The molecule has 0 fully saturated rings. The van der Waals surface area contributed by atoms with E-state index in [-0.39, 0.29) is 12.4 Å². The number of rotatable bonds is 3. The summed E-state index contributed by atoms with van der Waals surface area (Å²) in [6, 6.07) is 8.56. The number of methoxy groups -OCH3 is 1. The molecule has 0 aliphatic rings. The van der Waals surface area contributed by atoms with Crippen LogP contribution in [0.25, 0.3) is 0 Å². The van der Waals surface area contributed by atoms with Gasteiger partial charge >= 0.3 is 5.97 Å². The first-order valence-corrected chi connectivity index (χ1v) is 3.88. The van der Waals surface area contributed by atoms with Crippen molar-refractivity contribution in [2.24, 2.45) is 5.84 Å². The maximum Gasteiger partial charge on any atom is 0.328 e. The van der Waals surface area contributed by atoms with Gasteiger partial charge in [0.2, 0.25) is 0 Å². The van der Waals surface area contributed by atoms with Crippen LogP contribution in [0.5, 0.6) is 0 Å². The fourth-order valence-electron chi connectivity index (χ4n) is 1.06. The van der Waals surface area contributed by atoms with Crippen LogP contribution in [0.15, 0.2) is 30.3 Å². The minimum Gasteiger partial charge on any atom is -0.468 e. The van der Waals surface area contributed by atoms with E-state index in [4.69, 9.17) is 5.84 Å². The molecule has 5 heteroatoms. The molecule has 0 aliphatic carbocycles. The number of carbonyl (C=O) groups excluding carboxylic acids is 1. The molecule has 1 aromatic carbocycles. The average Bonchev–Trinajstić information content (AvgIpc) is 2.20. The fourth-order valence-corrected chi connectivity index (χ4v) is 1.06. The summed E-state index contributed by atoms with van der Waals surface area (Å²) in [7, 11) is 1.33. The molecule has 0 radical (unpaired) electrons. The first-order valence-electron chi connectivity index (χ1n) is 3.88. The van der Waals surface area contributed by atoms with Gasteiger partial charge in [-0.05, 0) is 5.56 Å². The Hall–Kier alpha value is -1.10. The highest BCUT2D eigenvalue weighted by atomic mass is 35.5. The number of carbonyl (C=O) groups is 1. The highest BCUT2D eigenvalue weighted by Crippen LogP contribution is 2.12. The van der Waals surface area contributed by atoms with Gasteiger partial charge in [0.25, 0.3) is 0 Å². The molecule has 1 atom stereocenters. The second-order valence-corrected chi connectivity index (χ2v) is 2.53. The Labute approximate surface area is 88.8 Å². The number of ether oxygens (including phenoxy) is 1. The minimum atomic E-state index is -0.591. The minimum absolute atomic E-state index is 0. The van der Waals surface area contributed by atoms with Gasteiger partial charge in [0.1, 0.15) is 6.04 Å². The van der Waals surface area contributed by atoms with Crippen LogP contribution >= 0.6 is 12.4 Å². The Bertz CT molecular complexity index is 279. The summed E-state index contributed by atoms with van der Waals surface area (Å²) in [4.78, 5) is 11.2. The van der Waals surface area contributed by atoms with E-state index in [1.807, 2.05) is 18.2 Å². The molecule has 0 aliphatic heterocycles. The van der Waals surface area contributed by atoms with Gasteiger partial charge in [-0.25, -0.2) is 10.2 Å². The molecule has 0 saturated heterocycles. The number of hydrazine groups is 1. The van der Waals surface area contributed by atoms with Crippen LogP contribution in [0.4, 0.5) is 0 Å². The number of esters is 1. The highest BCUT2D eigenvalue weighted by molar-refractivity contribution is 5.85. The van der Waals surface area contributed by atoms with Crippen molar-refractivity contribution >= 4 is 18.4 Å². The van der Waals surface area contributed by atoms with Gasteiger partial charge in [0.15, 0.2) is 0 Å². The van der Waals surface area contributed by atoms with E-state index in [0.29, 0.717) is 0 Å². The van der Waals surface area contributed by atoms with Gasteiger partial charge in [-0.15, -0.1) is 12.4 Å². The lowest BCUT2D eigenvalue weighted by Crippen LogP contribution is -2.34. The molecule has 3 N–H and O–H groups in total. The predicted octanol–water partition coefficient (Wildman–Crippen LogP) is 0.786. The molecular formula is C9H13ClN2O2. The number of hydrogen-bond donors (Lipinski definition) is 2. The number of hydrogen-bond acceptors (Lipinski definition) is 4. The number of nitrogens with one attached hydrogen (secondary N) is 1. The molecule has 0 amide bonds. The molecule has 0 heterocycles. The van der Waals surface area contributed by atoms with Gasteiger partial charge < -0.3 is 4.74 Å². The quantitative estimate of drug-likeness (QED) is 0.446. The SMILES string of the molecule is COC(=O)[C@H](NN)c1ccccc1.Cl. The zero-order valence-corrected chi connectivity index (χ0v) is 8.58. The molecule has 0 spiro atoms. The smallest absolute Gasteiger partial charge is 0.328 e. The zero-order valence-electron chi connectivity index (χ0n) is 7.77. The monoisotopic (exact) mass is 216 g/mol. The van der Waals surface area contributed by atoms with Gasteiger partial charge in [0.05, 0.1) is 7.11 Å². The molecule has 0 bridgehead atoms. The normalized spacial score (nSPS) is 11.3. The van der Waals surface area contributed by atoms with Gasteiger partial charge in [0, 0.05) is 0 Å². The summed E-state index contributed by atoms with van der Waals surface area (Å²) >= 11 is 0. The molecule has 78 valence electrons. The standard InChI is InChI=1S/C9H12N2O2.ClH/c1-13-9(12)8(11-10)7-5-3-2-4-6-7;/h2-6,8,11H,10H2,1H3;1H/t8-;/m1./s1. The van der Waals surface area contributed by atoms with Crippen molar-refractivity contribution < 1.29 is 9.53 Å². The summed E-state index contributed by atoms with van der Waals surface area (Å²) in [5, 5.41) is 0. The fraction of sp³-hybridized carbons (Fsp3) is 0.222. The molecule has 0 saturated carbocycles. The lowest BCUT2D eigenvalue weighted by Gasteiger charge is -2.12. The number of benzene rings is 1. The second kappa shape index (κ2) is 6.37. The Kier molecular flexibility index (Phi) is 5.87. The highest BCUT2D eigenvalue weighted by Gasteiger charge is 2.18. The van der Waals surface area contributed by atoms with E-state index < -0.39 is 12.0 Å². The van der Waals surface area contributed by atoms with Crippen molar-refractivity contribution in [1.82, 2.24) is 5.43 Å². The van der Waals surface area contributed by atoms with E-state index in [2.05, 4.69) is 10.2 Å². The molecule has 0 unspecified atom stereocenters. The van der Waals surface area contributed by atoms with E-state index in [9.17, 15) is 4.79 Å². The Morgan fingerprint density at radius 2 is 2.00 bits per heavy atom. The summed E-state index contributed by atoms with van der Waals surface area (Å²) in [6.45, 7) is 0. The second-order valence-electron chi connectivity index (χ2n) is 2.53. The first-order chi connectivity index (χ1) is 6.29. The summed E-state index contributed by atoms with van der Waals surface area (Å²) in [6.07, 6.45) is 0. The zero-order chi connectivity index (χ0) is 9.68. The topological polar surface area (TPSA) is 64.3 Å². The Morgan fingerprint density at radius 3 is 2.43 bits per heavy atom. The van der Waals surface area contributed by atoms with Crippen molar-refractivity contribution in [1.29, 1.82) is 0 Å². The maximum atomic E-state index is 11.2. The van der Waals surface area contributed by atoms with Crippen molar-refractivity contribution in [2.75, 3.05) is 7.11 Å². The van der Waals surface area contributed by atoms with Crippen molar-refractivity contribution in [3.8, 4) is 0 Å². The predicted molar refractivity (Wildman–Crippen MR) is 55.8 cm³/mol. The van der Waals surface area contributed by atoms with E-state index in [0.717, 1.165) is 5.56 Å². The average molecular weight is 217 g/mol. The summed E-state index contributed by atoms with van der Waals surface area (Å²) < 4.78 is 4.58. The van der Waals surface area contributed by atoms with Crippen LogP contribution in [0.1, 0.15) is 11.6 Å². The molecule has 14 heavy (non-hydrogen) atoms. The van der Waals surface area contributed by atoms with Gasteiger partial charge in [-0.3, -0.25) is 5.84 Å². The van der Waals surface area contributed by atoms with E-state index in [1.54, 1.807) is 12.1 Å². The Morgan fingerprint density at radius 1 is 1.43 bits per heavy atom. The van der Waals surface area contributed by atoms with E-state index in [1.165, 1.54) is 7.11 Å². The largest absolute Gasteiger partial charge is 0.468 e. The Balaban J connectivity index is 0.00000169. The number of nitrogens with two attached hydrogens (primary N) is 1. The first kappa shape index (κ1) is 12.9. The van der Waals surface area contributed by atoms with Crippen LogP contribution in [-0.2, 0) is 9.53 Å². The lowest BCUT2D eigenvalue weighted by atomic mass is 10.1. The number of halogens is 1. The summed E-state index contributed by atoms with van der Waals surface area (Å²) in [5.41, 5.74) is 3.18. The van der Waals surface area contributed by atoms with Crippen LogP contribution in [-0.4, -0.2) is 13.1 Å². The van der Waals surface area contributed by atoms with Crippen molar-refractivity contribution in [2.45, 2.75) is 6.04 Å². The summed E-state index contributed by atoms with van der Waals surface area (Å²) in [5.74, 6) is 4.84. The molecule has 4 nitrogen and oxygen atoms in total. The van der Waals surface area contributed by atoms with Crippen LogP contribution in [0, 0.1) is 0 Å². The molecule has 0 aromatic heterocycles.